The molecule has 0 N–H and O–H groups in total. The Hall–Kier alpha value is -3.47. The van der Waals surface area contributed by atoms with Gasteiger partial charge in [0.25, 0.3) is 0 Å². The van der Waals surface area contributed by atoms with Gasteiger partial charge in [0, 0.05) is 5.56 Å². The molecule has 0 radical (unpaired) electrons. The molecule has 5 heteroatoms. The minimum atomic E-state index is -0.600. The van der Waals surface area contributed by atoms with Gasteiger partial charge in [-0.25, -0.2) is 9.59 Å². The average Bonchev–Trinajstić information content (AvgIpc) is 2.73. The number of carbonyl (C=O) groups excluding carboxylic acids is 2. The van der Waals surface area contributed by atoms with Gasteiger partial charge >= 0.3 is 11.9 Å². The van der Waals surface area contributed by atoms with Crippen molar-refractivity contribution in [1.82, 2.24) is 4.98 Å². The van der Waals surface area contributed by atoms with Crippen LogP contribution in [0.3, 0.4) is 0 Å². The second-order valence-corrected chi connectivity index (χ2v) is 6.66. The number of ether oxygens (including phenoxy) is 2. The van der Waals surface area contributed by atoms with Crippen LogP contribution in [0.1, 0.15) is 44.5 Å². The lowest BCUT2D eigenvalue weighted by atomic mass is 10.0. The van der Waals surface area contributed by atoms with Gasteiger partial charge < -0.3 is 9.47 Å². The molecule has 0 saturated carbocycles. The number of aromatic nitrogens is 1. The zero-order valence-corrected chi connectivity index (χ0v) is 16.8. The Morgan fingerprint density at radius 1 is 0.897 bits per heavy atom. The molecule has 3 aromatic rings. The number of esters is 2. The van der Waals surface area contributed by atoms with Crippen molar-refractivity contribution in [3.63, 3.8) is 0 Å². The maximum atomic E-state index is 12.8. The number of hydrogen-bond donors (Lipinski definition) is 0. The molecule has 2 aromatic carbocycles. The molecule has 0 aliphatic heterocycles. The fourth-order valence-corrected chi connectivity index (χ4v) is 2.97. The van der Waals surface area contributed by atoms with E-state index in [2.05, 4.69) is 4.98 Å². The van der Waals surface area contributed by atoms with Crippen LogP contribution >= 0.6 is 0 Å². The zero-order chi connectivity index (χ0) is 20.8. The van der Waals surface area contributed by atoms with Gasteiger partial charge in [0.2, 0.25) is 0 Å². The second kappa shape index (κ2) is 9.15. The van der Waals surface area contributed by atoms with Crippen LogP contribution in [0.2, 0.25) is 0 Å². The van der Waals surface area contributed by atoms with Crippen LogP contribution in [-0.2, 0) is 16.1 Å². The normalized spacial score (nSPS) is 10.4. The molecule has 5 nitrogen and oxygen atoms in total. The van der Waals surface area contributed by atoms with Crippen LogP contribution < -0.4 is 0 Å². The van der Waals surface area contributed by atoms with Crippen molar-refractivity contribution >= 4 is 11.9 Å². The molecule has 0 unspecified atom stereocenters. The third-order valence-electron chi connectivity index (χ3n) is 4.46. The van der Waals surface area contributed by atoms with Crippen LogP contribution in [0.25, 0.3) is 11.3 Å². The molecule has 0 atom stereocenters. The number of pyridine rings is 1. The summed E-state index contributed by atoms with van der Waals surface area (Å²) in [7, 11) is 0. The van der Waals surface area contributed by atoms with E-state index >= 15 is 0 Å². The number of hydrogen-bond acceptors (Lipinski definition) is 5. The topological polar surface area (TPSA) is 65.5 Å². The smallest absolute Gasteiger partial charge is 0.341 e. The molecule has 0 fully saturated rings. The lowest BCUT2D eigenvalue weighted by molar-refractivity contribution is 0.0443. The number of carbonyl (C=O) groups is 2. The van der Waals surface area contributed by atoms with E-state index in [4.69, 9.17) is 9.47 Å². The fourth-order valence-electron chi connectivity index (χ4n) is 2.97. The van der Waals surface area contributed by atoms with Crippen molar-refractivity contribution in [2.45, 2.75) is 27.4 Å². The monoisotopic (exact) mass is 389 g/mol. The SMILES string of the molecule is CCOC(=O)c1cc(-c2ccc(C)cc2)nc(C)c1C(=O)OCc1ccccc1. The molecular weight excluding hydrogens is 366 g/mol. The van der Waals surface area contributed by atoms with E-state index in [1.807, 2.05) is 61.5 Å². The summed E-state index contributed by atoms with van der Waals surface area (Å²) in [5, 5.41) is 0. The largest absolute Gasteiger partial charge is 0.462 e. The Balaban J connectivity index is 1.97. The Kier molecular flexibility index (Phi) is 6.39. The summed E-state index contributed by atoms with van der Waals surface area (Å²) in [6.07, 6.45) is 0. The molecule has 0 saturated heterocycles. The van der Waals surface area contributed by atoms with Gasteiger partial charge in [-0.3, -0.25) is 4.98 Å². The Bertz CT molecular complexity index is 1010. The van der Waals surface area contributed by atoms with Crippen LogP contribution in [0, 0.1) is 13.8 Å². The molecule has 0 bridgehead atoms. The lowest BCUT2D eigenvalue weighted by Gasteiger charge is -2.14. The van der Waals surface area contributed by atoms with Crippen LogP contribution in [0.4, 0.5) is 0 Å². The quantitative estimate of drug-likeness (QED) is 0.561. The van der Waals surface area contributed by atoms with Gasteiger partial charge in [-0.05, 0) is 32.4 Å². The standard InChI is InChI=1S/C24H23NO4/c1-4-28-23(26)20-14-21(19-12-10-16(2)11-13-19)25-17(3)22(20)24(27)29-15-18-8-6-5-7-9-18/h5-14H,4,15H2,1-3H3. The highest BCUT2D eigenvalue weighted by Crippen LogP contribution is 2.25. The van der Waals surface area contributed by atoms with Gasteiger partial charge in [-0.2, -0.15) is 0 Å². The highest BCUT2D eigenvalue weighted by molar-refractivity contribution is 6.04. The molecular formula is C24H23NO4. The molecule has 0 amide bonds. The predicted molar refractivity (Wildman–Crippen MR) is 111 cm³/mol. The third kappa shape index (κ3) is 4.88. The summed E-state index contributed by atoms with van der Waals surface area (Å²) < 4.78 is 10.6. The average molecular weight is 389 g/mol. The van der Waals surface area contributed by atoms with E-state index in [-0.39, 0.29) is 24.3 Å². The first-order valence-electron chi connectivity index (χ1n) is 9.46. The summed E-state index contributed by atoms with van der Waals surface area (Å²) in [4.78, 5) is 29.9. The maximum absolute atomic E-state index is 12.8. The Morgan fingerprint density at radius 2 is 1.59 bits per heavy atom. The summed E-state index contributed by atoms with van der Waals surface area (Å²) in [6, 6.07) is 18.8. The second-order valence-electron chi connectivity index (χ2n) is 6.66. The first-order valence-corrected chi connectivity index (χ1v) is 9.46. The highest BCUT2D eigenvalue weighted by Gasteiger charge is 2.24. The fraction of sp³-hybridized carbons (Fsp3) is 0.208. The highest BCUT2D eigenvalue weighted by atomic mass is 16.5. The summed E-state index contributed by atoms with van der Waals surface area (Å²) >= 11 is 0. The minimum absolute atomic E-state index is 0.112. The Labute approximate surface area is 170 Å². The van der Waals surface area contributed by atoms with Crippen molar-refractivity contribution in [3.05, 3.63) is 88.6 Å². The lowest BCUT2D eigenvalue weighted by Crippen LogP contribution is -2.17. The summed E-state index contributed by atoms with van der Waals surface area (Å²) in [5.41, 5.74) is 4.16. The number of benzene rings is 2. The number of aryl methyl sites for hydroxylation is 2. The van der Waals surface area contributed by atoms with E-state index in [0.29, 0.717) is 11.4 Å². The van der Waals surface area contributed by atoms with E-state index < -0.39 is 11.9 Å². The summed E-state index contributed by atoms with van der Waals surface area (Å²) in [6.45, 7) is 5.73. The molecule has 0 aliphatic carbocycles. The molecule has 29 heavy (non-hydrogen) atoms. The molecule has 0 spiro atoms. The number of nitrogens with zero attached hydrogens (tertiary/aromatic N) is 1. The molecule has 1 aromatic heterocycles. The first-order chi connectivity index (χ1) is 14.0. The van der Waals surface area contributed by atoms with Gasteiger partial charge in [-0.1, -0.05) is 60.2 Å². The van der Waals surface area contributed by atoms with Gasteiger partial charge in [0.1, 0.15) is 6.61 Å². The van der Waals surface area contributed by atoms with Crippen molar-refractivity contribution in [2.75, 3.05) is 6.61 Å². The molecule has 148 valence electrons. The zero-order valence-electron chi connectivity index (χ0n) is 16.8. The van der Waals surface area contributed by atoms with Crippen LogP contribution in [0.5, 0.6) is 0 Å². The van der Waals surface area contributed by atoms with Gasteiger partial charge in [0.15, 0.2) is 0 Å². The molecule has 1 heterocycles. The number of rotatable bonds is 6. The van der Waals surface area contributed by atoms with Crippen LogP contribution in [-0.4, -0.2) is 23.5 Å². The first kappa shape index (κ1) is 20.3. The summed E-state index contributed by atoms with van der Waals surface area (Å²) in [5.74, 6) is -1.17. The maximum Gasteiger partial charge on any atom is 0.341 e. The van der Waals surface area contributed by atoms with E-state index in [9.17, 15) is 9.59 Å². The predicted octanol–water partition coefficient (Wildman–Crippen LogP) is 4.90. The third-order valence-corrected chi connectivity index (χ3v) is 4.46. The van der Waals surface area contributed by atoms with Crippen molar-refractivity contribution in [1.29, 1.82) is 0 Å². The van der Waals surface area contributed by atoms with Crippen molar-refractivity contribution in [2.24, 2.45) is 0 Å². The minimum Gasteiger partial charge on any atom is -0.462 e. The van der Waals surface area contributed by atoms with E-state index in [1.165, 1.54) is 0 Å². The van der Waals surface area contributed by atoms with E-state index in [0.717, 1.165) is 16.7 Å². The van der Waals surface area contributed by atoms with Crippen molar-refractivity contribution < 1.29 is 19.1 Å². The molecule has 3 rings (SSSR count). The molecule has 0 aliphatic rings. The van der Waals surface area contributed by atoms with Gasteiger partial charge in [0.05, 0.1) is 29.1 Å². The Morgan fingerprint density at radius 3 is 2.24 bits per heavy atom. The van der Waals surface area contributed by atoms with Crippen LogP contribution in [0.15, 0.2) is 60.7 Å². The van der Waals surface area contributed by atoms with Crippen molar-refractivity contribution in [3.8, 4) is 11.3 Å². The van der Waals surface area contributed by atoms with Gasteiger partial charge in [-0.15, -0.1) is 0 Å². The van der Waals surface area contributed by atoms with E-state index in [1.54, 1.807) is 19.9 Å².